The fourth-order valence-corrected chi connectivity index (χ4v) is 0.743. The quantitative estimate of drug-likeness (QED) is 0.365. The van der Waals surface area contributed by atoms with Gasteiger partial charge in [-0.3, -0.25) is 0 Å². The van der Waals surface area contributed by atoms with Crippen molar-refractivity contribution in [3.63, 3.8) is 0 Å². The van der Waals surface area contributed by atoms with Crippen LogP contribution in [0.25, 0.3) is 0 Å². The molecule has 0 rings (SSSR count). The van der Waals surface area contributed by atoms with E-state index in [1.54, 1.807) is 6.92 Å². The van der Waals surface area contributed by atoms with Gasteiger partial charge in [-0.2, -0.15) is 4.39 Å². The lowest BCUT2D eigenvalue weighted by Crippen LogP contribution is -1.98. The van der Waals surface area contributed by atoms with Gasteiger partial charge in [-0.15, -0.1) is 0 Å². The molecule has 1 unspecified atom stereocenters. The van der Waals surface area contributed by atoms with Crippen LogP contribution in [0.2, 0.25) is 0 Å². The molecule has 13 heavy (non-hydrogen) atoms. The van der Waals surface area contributed by atoms with Crippen LogP contribution in [0, 0.1) is 0 Å². The third kappa shape index (κ3) is 9.64. The second kappa shape index (κ2) is 8.32. The molecule has 0 aromatic carbocycles. The molecule has 0 aromatic heterocycles. The van der Waals surface area contributed by atoms with Crippen molar-refractivity contribution < 1.29 is 13.9 Å². The van der Waals surface area contributed by atoms with Crippen molar-refractivity contribution in [2.75, 3.05) is 13.2 Å². The molecule has 0 fully saturated rings. The van der Waals surface area contributed by atoms with E-state index < -0.39 is 11.6 Å². The predicted octanol–water partition coefficient (Wildman–Crippen LogP) is 3.22. The van der Waals surface area contributed by atoms with Crippen molar-refractivity contribution in [1.82, 2.24) is 0 Å². The average molecular weight is 211 g/mol. The number of halogens is 2. The number of unbranched alkanes of at least 4 members (excludes halogenated alkanes) is 1. The van der Waals surface area contributed by atoms with Crippen molar-refractivity contribution in [2.45, 2.75) is 32.3 Å². The highest BCUT2D eigenvalue weighted by molar-refractivity contribution is 6.19. The summed E-state index contributed by atoms with van der Waals surface area (Å²) < 4.78 is 22.3. The molecule has 0 aliphatic rings. The van der Waals surface area contributed by atoms with Crippen molar-refractivity contribution in [3.05, 3.63) is 12.1 Å². The van der Waals surface area contributed by atoms with Crippen molar-refractivity contribution in [1.29, 1.82) is 0 Å². The molecule has 2 nitrogen and oxygen atoms in total. The lowest BCUT2D eigenvalue weighted by molar-refractivity contribution is 0.117. The van der Waals surface area contributed by atoms with E-state index in [9.17, 15) is 4.39 Å². The van der Waals surface area contributed by atoms with E-state index in [2.05, 4.69) is 11.7 Å². The van der Waals surface area contributed by atoms with E-state index >= 15 is 0 Å². The highest BCUT2D eigenvalue weighted by Crippen LogP contribution is 2.06. The molecule has 0 saturated carbocycles. The summed E-state index contributed by atoms with van der Waals surface area (Å²) in [5.41, 5.74) is -0.646. The van der Waals surface area contributed by atoms with Gasteiger partial charge in [0.25, 0.3) is 6.01 Å². The second-order valence-electron chi connectivity index (χ2n) is 2.60. The SMILES string of the molecule is CCCCOCC=C(F)OC(C)Cl. The van der Waals surface area contributed by atoms with Crippen LogP contribution in [0.4, 0.5) is 4.39 Å². The number of ether oxygens (including phenoxy) is 2. The molecule has 0 radical (unpaired) electrons. The Hall–Kier alpha value is -0.280. The first-order valence-corrected chi connectivity index (χ1v) is 4.84. The Balaban J connectivity index is 3.36. The van der Waals surface area contributed by atoms with Crippen molar-refractivity contribution in [2.24, 2.45) is 0 Å². The Bertz CT molecular complexity index is 149. The van der Waals surface area contributed by atoms with Crippen LogP contribution in [-0.2, 0) is 9.47 Å². The molecule has 0 saturated heterocycles. The van der Waals surface area contributed by atoms with Gasteiger partial charge in [-0.1, -0.05) is 24.9 Å². The zero-order chi connectivity index (χ0) is 10.1. The van der Waals surface area contributed by atoms with Crippen LogP contribution >= 0.6 is 11.6 Å². The summed E-state index contributed by atoms with van der Waals surface area (Å²) in [5, 5.41) is 0. The average Bonchev–Trinajstić information content (AvgIpc) is 2.02. The third-order valence-corrected chi connectivity index (χ3v) is 1.37. The molecule has 0 amide bonds. The molecular formula is C9H16ClFO2. The molecule has 0 aromatic rings. The molecule has 1 atom stereocenters. The predicted molar refractivity (Wildman–Crippen MR) is 51.3 cm³/mol. The monoisotopic (exact) mass is 210 g/mol. The molecule has 78 valence electrons. The second-order valence-corrected chi connectivity index (χ2v) is 3.21. The van der Waals surface area contributed by atoms with Gasteiger partial charge in [-0.25, -0.2) is 0 Å². The maximum absolute atomic E-state index is 12.6. The first-order valence-electron chi connectivity index (χ1n) is 4.41. The van der Waals surface area contributed by atoms with Crippen LogP contribution < -0.4 is 0 Å². The fraction of sp³-hybridized carbons (Fsp3) is 0.778. The molecule has 0 bridgehead atoms. The van der Waals surface area contributed by atoms with Gasteiger partial charge in [-0.05, 0) is 13.3 Å². The lowest BCUT2D eigenvalue weighted by atomic mass is 10.4. The largest absolute Gasteiger partial charge is 0.452 e. The Morgan fingerprint density at radius 3 is 2.85 bits per heavy atom. The molecular weight excluding hydrogens is 195 g/mol. The zero-order valence-corrected chi connectivity index (χ0v) is 8.81. The number of alkyl halides is 1. The third-order valence-electron chi connectivity index (χ3n) is 1.28. The Morgan fingerprint density at radius 1 is 1.62 bits per heavy atom. The molecule has 4 heteroatoms. The Morgan fingerprint density at radius 2 is 2.31 bits per heavy atom. The van der Waals surface area contributed by atoms with Gasteiger partial charge >= 0.3 is 0 Å². The summed E-state index contributed by atoms with van der Waals surface area (Å²) in [5.74, 6) is 0. The van der Waals surface area contributed by atoms with Crippen LogP contribution in [0.3, 0.4) is 0 Å². The van der Waals surface area contributed by atoms with Gasteiger partial charge in [0.1, 0.15) is 0 Å². The summed E-state index contributed by atoms with van der Waals surface area (Å²) in [4.78, 5) is 0. The normalized spacial score (nSPS) is 14.3. The Kier molecular flexibility index (Phi) is 8.14. The van der Waals surface area contributed by atoms with Crippen LogP contribution in [0.5, 0.6) is 0 Å². The maximum Gasteiger partial charge on any atom is 0.272 e. The molecule has 0 aliphatic carbocycles. The van der Waals surface area contributed by atoms with Crippen molar-refractivity contribution in [3.8, 4) is 0 Å². The van der Waals surface area contributed by atoms with Crippen LogP contribution in [0.15, 0.2) is 12.1 Å². The first kappa shape index (κ1) is 12.7. The summed E-state index contributed by atoms with van der Waals surface area (Å²) in [7, 11) is 0. The van der Waals surface area contributed by atoms with E-state index in [1.807, 2.05) is 0 Å². The number of hydrogen-bond donors (Lipinski definition) is 0. The fourth-order valence-electron chi connectivity index (χ4n) is 0.657. The standard InChI is InChI=1S/C9H16ClFO2/c1-3-4-6-12-7-5-9(11)13-8(2)10/h5,8H,3-4,6-7H2,1-2H3. The summed E-state index contributed by atoms with van der Waals surface area (Å²) >= 11 is 5.39. The minimum Gasteiger partial charge on any atom is -0.452 e. The highest BCUT2D eigenvalue weighted by Gasteiger charge is 1.99. The van der Waals surface area contributed by atoms with E-state index in [4.69, 9.17) is 16.3 Å². The van der Waals surface area contributed by atoms with Gasteiger partial charge in [0.05, 0.1) is 6.61 Å². The Labute approximate surface area is 83.7 Å². The molecule has 0 heterocycles. The lowest BCUT2D eigenvalue weighted by Gasteiger charge is -2.04. The summed E-state index contributed by atoms with van der Waals surface area (Å²) in [6.07, 6.45) is 3.29. The topological polar surface area (TPSA) is 18.5 Å². The number of rotatable bonds is 7. The van der Waals surface area contributed by atoms with Gasteiger partial charge in [0, 0.05) is 12.7 Å². The maximum atomic E-state index is 12.6. The van der Waals surface area contributed by atoms with E-state index in [0.717, 1.165) is 12.8 Å². The first-order chi connectivity index (χ1) is 6.16. The minimum atomic E-state index is -0.681. The van der Waals surface area contributed by atoms with Gasteiger partial charge in [0.15, 0.2) is 5.56 Å². The zero-order valence-electron chi connectivity index (χ0n) is 8.06. The smallest absolute Gasteiger partial charge is 0.272 e. The molecule has 0 N–H and O–H groups in total. The minimum absolute atomic E-state index is 0.232. The summed E-state index contributed by atoms with van der Waals surface area (Å²) in [6, 6.07) is -0.681. The van der Waals surface area contributed by atoms with Crippen LogP contribution in [-0.4, -0.2) is 18.8 Å². The van der Waals surface area contributed by atoms with E-state index in [0.29, 0.717) is 6.61 Å². The number of hydrogen-bond acceptors (Lipinski definition) is 2. The van der Waals surface area contributed by atoms with Gasteiger partial charge in [0.2, 0.25) is 0 Å². The molecule has 0 spiro atoms. The van der Waals surface area contributed by atoms with E-state index in [1.165, 1.54) is 6.08 Å². The highest BCUT2D eigenvalue weighted by atomic mass is 35.5. The molecule has 0 aliphatic heterocycles. The van der Waals surface area contributed by atoms with Gasteiger partial charge < -0.3 is 9.47 Å². The van der Waals surface area contributed by atoms with E-state index in [-0.39, 0.29) is 6.61 Å². The van der Waals surface area contributed by atoms with Crippen LogP contribution in [0.1, 0.15) is 26.7 Å². The van der Waals surface area contributed by atoms with Crippen molar-refractivity contribution >= 4 is 11.6 Å². The summed E-state index contributed by atoms with van der Waals surface area (Å²) in [6.45, 7) is 4.50.